The van der Waals surface area contributed by atoms with E-state index in [4.69, 9.17) is 39.9 Å². The van der Waals surface area contributed by atoms with Gasteiger partial charge in [-0.25, -0.2) is 9.59 Å². The van der Waals surface area contributed by atoms with E-state index in [9.17, 15) is 19.8 Å². The van der Waals surface area contributed by atoms with Gasteiger partial charge in [-0.05, 0) is 6.42 Å². The van der Waals surface area contributed by atoms with Gasteiger partial charge in [0.2, 0.25) is 0 Å². The van der Waals surface area contributed by atoms with Gasteiger partial charge in [-0.3, -0.25) is 0 Å². The summed E-state index contributed by atoms with van der Waals surface area (Å²) in [5.41, 5.74) is 9.99. The van der Waals surface area contributed by atoms with E-state index in [1.165, 1.54) is 0 Å². The van der Waals surface area contributed by atoms with Crippen LogP contribution in [-0.4, -0.2) is 92.7 Å². The molecule has 12 heteroatoms. The van der Waals surface area contributed by atoms with E-state index in [0.717, 1.165) is 6.42 Å². The molecule has 0 spiro atoms. The Morgan fingerprint density at radius 1 is 0.963 bits per heavy atom. The number of hydrogen-bond donors (Lipinski definition) is 4. The van der Waals surface area contributed by atoms with Crippen LogP contribution in [-0.2, 0) is 28.4 Å². The van der Waals surface area contributed by atoms with Crippen molar-refractivity contribution in [3.63, 3.8) is 0 Å². The minimum Gasteiger partial charge on any atom is -0.439 e. The second kappa shape index (κ2) is 12.6. The van der Waals surface area contributed by atoms with Crippen molar-refractivity contribution in [2.24, 2.45) is 11.5 Å². The van der Waals surface area contributed by atoms with Crippen LogP contribution in [0, 0.1) is 0 Å². The molecule has 0 aromatic rings. The topological polar surface area (TPSA) is 182 Å². The maximum Gasteiger partial charge on any atom is 0.405 e. The standard InChI is InChI=1S/C15H28N2O10/c1-2-3-22-4-5-23-6-7-24-13-12(27-15(17)21)11(26-14(16)20)10(19)9(8-18)25-13/h9-13,18-19H,2-8H2,1H3,(H2,16,20)(H2,17,21)/t9-,10-,11+,12+,13+/m0/s1. The predicted octanol–water partition coefficient (Wildman–Crippen LogP) is -1.55. The highest BCUT2D eigenvalue weighted by Gasteiger charge is 2.50. The molecule has 1 aliphatic heterocycles. The van der Waals surface area contributed by atoms with E-state index < -0.39 is 49.5 Å². The van der Waals surface area contributed by atoms with Gasteiger partial charge < -0.3 is 50.1 Å². The summed E-state index contributed by atoms with van der Waals surface area (Å²) in [6, 6.07) is 0. The quantitative estimate of drug-likeness (QED) is 0.282. The summed E-state index contributed by atoms with van der Waals surface area (Å²) < 4.78 is 31.0. The van der Waals surface area contributed by atoms with Crippen molar-refractivity contribution in [3.8, 4) is 0 Å². The highest BCUT2D eigenvalue weighted by atomic mass is 16.7. The third-order valence-corrected chi connectivity index (χ3v) is 3.53. The highest BCUT2D eigenvalue weighted by Crippen LogP contribution is 2.26. The van der Waals surface area contributed by atoms with Gasteiger partial charge in [0.1, 0.15) is 12.2 Å². The van der Waals surface area contributed by atoms with Crippen LogP contribution in [0.5, 0.6) is 0 Å². The number of ether oxygens (including phenoxy) is 6. The Bertz CT molecular complexity index is 452. The summed E-state index contributed by atoms with van der Waals surface area (Å²) in [4.78, 5) is 22.2. The number of carbonyl (C=O) groups excluding carboxylic acids is 2. The average molecular weight is 396 g/mol. The average Bonchev–Trinajstić information content (AvgIpc) is 2.61. The van der Waals surface area contributed by atoms with Crippen LogP contribution < -0.4 is 11.5 Å². The zero-order valence-electron chi connectivity index (χ0n) is 15.2. The first kappa shape index (κ1) is 23.3. The number of nitrogens with two attached hydrogens (primary N) is 2. The summed E-state index contributed by atoms with van der Waals surface area (Å²) in [5, 5.41) is 19.5. The van der Waals surface area contributed by atoms with Crippen molar-refractivity contribution >= 4 is 12.2 Å². The number of amides is 2. The molecule has 1 saturated heterocycles. The lowest BCUT2D eigenvalue weighted by Crippen LogP contribution is -2.62. The van der Waals surface area contributed by atoms with Crippen LogP contribution >= 0.6 is 0 Å². The molecule has 2 amide bonds. The summed E-state index contributed by atoms with van der Waals surface area (Å²) in [6.45, 7) is 3.04. The SMILES string of the molecule is CCCOCCOCCO[C@@H]1O[C@@H](CO)[C@H](O)[C@@H](OC(N)=O)[C@H]1OC(N)=O. The molecule has 0 aromatic heterocycles. The van der Waals surface area contributed by atoms with E-state index >= 15 is 0 Å². The molecular weight excluding hydrogens is 368 g/mol. The maximum absolute atomic E-state index is 11.2. The Morgan fingerprint density at radius 2 is 1.52 bits per heavy atom. The molecule has 158 valence electrons. The van der Waals surface area contributed by atoms with Crippen molar-refractivity contribution in [1.82, 2.24) is 0 Å². The molecule has 5 atom stereocenters. The Hall–Kier alpha value is -1.70. The third kappa shape index (κ3) is 8.24. The molecule has 1 fully saturated rings. The zero-order chi connectivity index (χ0) is 20.2. The Labute approximate surface area is 156 Å². The van der Waals surface area contributed by atoms with Crippen LogP contribution in [0.2, 0.25) is 0 Å². The molecular formula is C15H28N2O10. The Morgan fingerprint density at radius 3 is 2.07 bits per heavy atom. The molecule has 1 aliphatic rings. The second-order valence-corrected chi connectivity index (χ2v) is 5.61. The van der Waals surface area contributed by atoms with E-state index in [1.54, 1.807) is 0 Å². The molecule has 1 heterocycles. The van der Waals surface area contributed by atoms with Crippen molar-refractivity contribution in [3.05, 3.63) is 0 Å². The molecule has 0 radical (unpaired) electrons. The monoisotopic (exact) mass is 396 g/mol. The summed E-state index contributed by atoms with van der Waals surface area (Å²) in [6.07, 6.45) is -8.28. The van der Waals surface area contributed by atoms with Gasteiger partial charge in [-0.15, -0.1) is 0 Å². The molecule has 0 unspecified atom stereocenters. The van der Waals surface area contributed by atoms with E-state index in [2.05, 4.69) is 0 Å². The lowest BCUT2D eigenvalue weighted by atomic mass is 9.99. The van der Waals surface area contributed by atoms with Gasteiger partial charge >= 0.3 is 12.2 Å². The minimum absolute atomic E-state index is 0.0224. The number of primary amides is 2. The second-order valence-electron chi connectivity index (χ2n) is 5.61. The maximum atomic E-state index is 11.2. The molecule has 1 rings (SSSR count). The summed E-state index contributed by atoms with van der Waals surface area (Å²) >= 11 is 0. The van der Waals surface area contributed by atoms with Crippen molar-refractivity contribution in [1.29, 1.82) is 0 Å². The van der Waals surface area contributed by atoms with Gasteiger partial charge in [-0.2, -0.15) is 0 Å². The number of aliphatic hydroxyl groups is 2. The molecule has 6 N–H and O–H groups in total. The van der Waals surface area contributed by atoms with E-state index in [1.807, 2.05) is 6.92 Å². The van der Waals surface area contributed by atoms with Crippen LogP contribution in [0.25, 0.3) is 0 Å². The summed E-state index contributed by atoms with van der Waals surface area (Å²) in [7, 11) is 0. The number of rotatable bonds is 12. The van der Waals surface area contributed by atoms with Crippen LogP contribution in [0.3, 0.4) is 0 Å². The number of carbonyl (C=O) groups is 2. The van der Waals surface area contributed by atoms with Crippen LogP contribution in [0.15, 0.2) is 0 Å². The van der Waals surface area contributed by atoms with E-state index in [-0.39, 0.29) is 13.2 Å². The van der Waals surface area contributed by atoms with Gasteiger partial charge in [0.25, 0.3) is 0 Å². The molecule has 27 heavy (non-hydrogen) atoms. The lowest BCUT2D eigenvalue weighted by molar-refractivity contribution is -0.300. The van der Waals surface area contributed by atoms with Gasteiger partial charge in [0, 0.05) is 6.61 Å². The van der Waals surface area contributed by atoms with Crippen molar-refractivity contribution < 1.29 is 48.2 Å². The number of aliphatic hydroxyl groups excluding tert-OH is 2. The Kier molecular flexibility index (Phi) is 10.9. The number of hydrogen-bond acceptors (Lipinski definition) is 10. The first-order valence-electron chi connectivity index (χ1n) is 8.54. The first-order valence-corrected chi connectivity index (χ1v) is 8.54. The fraction of sp³-hybridized carbons (Fsp3) is 0.867. The molecule has 0 aliphatic carbocycles. The lowest BCUT2D eigenvalue weighted by Gasteiger charge is -2.42. The predicted molar refractivity (Wildman–Crippen MR) is 88.5 cm³/mol. The Balaban J connectivity index is 2.61. The van der Waals surface area contributed by atoms with E-state index in [0.29, 0.717) is 19.8 Å². The third-order valence-electron chi connectivity index (χ3n) is 3.53. The largest absolute Gasteiger partial charge is 0.439 e. The molecule has 12 nitrogen and oxygen atoms in total. The molecule has 0 aromatic carbocycles. The van der Waals surface area contributed by atoms with Gasteiger partial charge in [0.15, 0.2) is 18.5 Å². The van der Waals surface area contributed by atoms with Crippen LogP contribution in [0.1, 0.15) is 13.3 Å². The summed E-state index contributed by atoms with van der Waals surface area (Å²) in [5.74, 6) is 0. The highest BCUT2D eigenvalue weighted by molar-refractivity contribution is 5.66. The van der Waals surface area contributed by atoms with Gasteiger partial charge in [0.05, 0.1) is 33.0 Å². The normalized spacial score (nSPS) is 27.9. The fourth-order valence-corrected chi connectivity index (χ4v) is 2.39. The van der Waals surface area contributed by atoms with Gasteiger partial charge in [-0.1, -0.05) is 6.92 Å². The smallest absolute Gasteiger partial charge is 0.405 e. The van der Waals surface area contributed by atoms with Crippen molar-refractivity contribution in [2.45, 2.75) is 44.1 Å². The molecule has 0 saturated carbocycles. The van der Waals surface area contributed by atoms with Crippen molar-refractivity contribution in [2.75, 3.05) is 39.6 Å². The minimum atomic E-state index is -1.52. The first-order chi connectivity index (χ1) is 12.9. The zero-order valence-corrected chi connectivity index (χ0v) is 15.2. The fourth-order valence-electron chi connectivity index (χ4n) is 2.39. The molecule has 0 bridgehead atoms. The van der Waals surface area contributed by atoms with Crippen LogP contribution in [0.4, 0.5) is 9.59 Å².